The number of oxazole rings is 1. The summed E-state index contributed by atoms with van der Waals surface area (Å²) < 4.78 is 32.7. The lowest BCUT2D eigenvalue weighted by molar-refractivity contribution is 0.554. The van der Waals surface area contributed by atoms with Gasteiger partial charge in [0.2, 0.25) is 0 Å². The van der Waals surface area contributed by atoms with Crippen molar-refractivity contribution in [3.8, 4) is 0 Å². The first-order valence-electron chi connectivity index (χ1n) is 7.02. The van der Waals surface area contributed by atoms with Gasteiger partial charge in [0.05, 0.1) is 21.6 Å². The number of rotatable bonds is 3. The van der Waals surface area contributed by atoms with Crippen molar-refractivity contribution < 1.29 is 12.8 Å². The smallest absolute Gasteiger partial charge is 0.408 e. The number of para-hydroxylation sites is 1. The molecule has 0 saturated heterocycles. The van der Waals surface area contributed by atoms with E-state index in [1.807, 2.05) is 12.1 Å². The van der Waals surface area contributed by atoms with Crippen molar-refractivity contribution in [1.82, 2.24) is 9.97 Å². The van der Waals surface area contributed by atoms with E-state index in [1.54, 1.807) is 24.4 Å². The molecular weight excluding hydrogens is 330 g/mol. The maximum absolute atomic E-state index is 12.6. The number of hydrogen-bond acceptors (Lipinski definition) is 5. The fourth-order valence-electron chi connectivity index (χ4n) is 2.48. The van der Waals surface area contributed by atoms with Crippen molar-refractivity contribution in [2.24, 2.45) is 0 Å². The third kappa shape index (κ3) is 2.42. The molecule has 120 valence electrons. The molecule has 0 aliphatic carbocycles. The molecule has 0 bridgehead atoms. The highest BCUT2D eigenvalue weighted by Crippen LogP contribution is 2.24. The second kappa shape index (κ2) is 5.20. The van der Waals surface area contributed by atoms with Crippen LogP contribution in [0, 0.1) is 0 Å². The zero-order valence-corrected chi connectivity index (χ0v) is 13.0. The molecule has 2 aromatic heterocycles. The highest BCUT2D eigenvalue weighted by molar-refractivity contribution is 7.92. The number of aromatic amines is 1. The number of aromatic nitrogens is 2. The van der Waals surface area contributed by atoms with E-state index in [9.17, 15) is 13.2 Å². The Morgan fingerprint density at radius 3 is 2.79 bits per heavy atom. The van der Waals surface area contributed by atoms with Gasteiger partial charge in [-0.05, 0) is 24.3 Å². The van der Waals surface area contributed by atoms with Gasteiger partial charge in [0, 0.05) is 17.6 Å². The number of anilines is 1. The minimum atomic E-state index is -3.85. The Bertz CT molecular complexity index is 1220. The molecule has 0 fully saturated rings. The highest BCUT2D eigenvalue weighted by atomic mass is 32.2. The van der Waals surface area contributed by atoms with Crippen LogP contribution in [0.15, 0.2) is 68.8 Å². The van der Waals surface area contributed by atoms with E-state index < -0.39 is 15.8 Å². The quantitative estimate of drug-likeness (QED) is 0.595. The molecule has 8 heteroatoms. The molecule has 2 aromatic carbocycles. The Labute approximate surface area is 136 Å². The SMILES string of the molecule is O=c1[nH]c2ccc(S(=O)(=O)Nc3cccc4cccnc34)cc2o1. The van der Waals surface area contributed by atoms with E-state index in [1.165, 1.54) is 18.2 Å². The van der Waals surface area contributed by atoms with Gasteiger partial charge in [-0.1, -0.05) is 18.2 Å². The predicted octanol–water partition coefficient (Wildman–Crippen LogP) is 2.47. The van der Waals surface area contributed by atoms with Crippen molar-refractivity contribution in [3.05, 3.63) is 65.3 Å². The Balaban J connectivity index is 1.80. The lowest BCUT2D eigenvalue weighted by atomic mass is 10.2. The van der Waals surface area contributed by atoms with Gasteiger partial charge in [-0.25, -0.2) is 13.2 Å². The number of hydrogen-bond donors (Lipinski definition) is 2. The van der Waals surface area contributed by atoms with Gasteiger partial charge in [-0.3, -0.25) is 14.7 Å². The van der Waals surface area contributed by atoms with E-state index >= 15 is 0 Å². The summed E-state index contributed by atoms with van der Waals surface area (Å²) >= 11 is 0. The number of nitrogens with one attached hydrogen (secondary N) is 2. The van der Waals surface area contributed by atoms with Crippen LogP contribution in [0.25, 0.3) is 22.0 Å². The van der Waals surface area contributed by atoms with Gasteiger partial charge in [0.25, 0.3) is 10.0 Å². The van der Waals surface area contributed by atoms with Gasteiger partial charge in [-0.15, -0.1) is 0 Å². The Hall–Kier alpha value is -3.13. The molecule has 4 rings (SSSR count). The summed E-state index contributed by atoms with van der Waals surface area (Å²) in [4.78, 5) is 17.9. The molecule has 0 aliphatic heterocycles. The van der Waals surface area contributed by atoms with Gasteiger partial charge in [0.1, 0.15) is 0 Å². The molecule has 0 spiro atoms. The summed E-state index contributed by atoms with van der Waals surface area (Å²) in [5.41, 5.74) is 1.55. The molecule has 0 aliphatic rings. The first-order chi connectivity index (χ1) is 11.5. The third-order valence-corrected chi connectivity index (χ3v) is 4.94. The molecule has 4 aromatic rings. The van der Waals surface area contributed by atoms with E-state index in [2.05, 4.69) is 14.7 Å². The molecule has 0 saturated carbocycles. The number of nitrogens with zero attached hydrogens (tertiary/aromatic N) is 1. The summed E-state index contributed by atoms with van der Waals surface area (Å²) in [6.45, 7) is 0. The molecular formula is C16H11N3O4S. The highest BCUT2D eigenvalue weighted by Gasteiger charge is 2.17. The van der Waals surface area contributed by atoms with Crippen molar-refractivity contribution in [1.29, 1.82) is 0 Å². The fourth-order valence-corrected chi connectivity index (χ4v) is 3.56. The zero-order valence-electron chi connectivity index (χ0n) is 12.2. The maximum Gasteiger partial charge on any atom is 0.417 e. The maximum atomic E-state index is 12.6. The Morgan fingerprint density at radius 1 is 1.08 bits per heavy atom. The molecule has 0 unspecified atom stereocenters. The van der Waals surface area contributed by atoms with Crippen LogP contribution in [0.4, 0.5) is 5.69 Å². The van der Waals surface area contributed by atoms with Crippen LogP contribution in [-0.4, -0.2) is 18.4 Å². The van der Waals surface area contributed by atoms with Crippen LogP contribution in [0.1, 0.15) is 0 Å². The summed E-state index contributed by atoms with van der Waals surface area (Å²) in [7, 11) is -3.85. The second-order valence-corrected chi connectivity index (χ2v) is 6.84. The van der Waals surface area contributed by atoms with Crippen LogP contribution in [-0.2, 0) is 10.0 Å². The van der Waals surface area contributed by atoms with E-state index in [0.29, 0.717) is 16.7 Å². The lowest BCUT2D eigenvalue weighted by Crippen LogP contribution is -2.13. The molecule has 2 N–H and O–H groups in total. The molecule has 2 heterocycles. The van der Waals surface area contributed by atoms with Crippen LogP contribution in [0.3, 0.4) is 0 Å². The molecule has 0 atom stereocenters. The van der Waals surface area contributed by atoms with Gasteiger partial charge < -0.3 is 4.42 Å². The average molecular weight is 341 g/mol. The topological polar surface area (TPSA) is 105 Å². The number of benzene rings is 2. The van der Waals surface area contributed by atoms with Crippen molar-refractivity contribution >= 4 is 37.7 Å². The van der Waals surface area contributed by atoms with E-state index in [-0.39, 0.29) is 10.5 Å². The molecule has 7 nitrogen and oxygen atoms in total. The Kier molecular flexibility index (Phi) is 3.14. The fraction of sp³-hybridized carbons (Fsp3) is 0. The first kappa shape index (κ1) is 14.5. The van der Waals surface area contributed by atoms with E-state index in [0.717, 1.165) is 5.39 Å². The predicted molar refractivity (Wildman–Crippen MR) is 89.4 cm³/mol. The van der Waals surface area contributed by atoms with E-state index in [4.69, 9.17) is 4.42 Å². The average Bonchev–Trinajstić information content (AvgIpc) is 2.94. The van der Waals surface area contributed by atoms with Crippen molar-refractivity contribution in [3.63, 3.8) is 0 Å². The van der Waals surface area contributed by atoms with Gasteiger partial charge in [-0.2, -0.15) is 0 Å². The normalized spacial score (nSPS) is 11.8. The Morgan fingerprint density at radius 2 is 1.92 bits per heavy atom. The number of sulfonamides is 1. The summed E-state index contributed by atoms with van der Waals surface area (Å²) in [5, 5.41) is 0.824. The number of pyridine rings is 1. The zero-order chi connectivity index (χ0) is 16.7. The monoisotopic (exact) mass is 341 g/mol. The van der Waals surface area contributed by atoms with Crippen molar-refractivity contribution in [2.45, 2.75) is 4.90 Å². The lowest BCUT2D eigenvalue weighted by Gasteiger charge is -2.10. The minimum Gasteiger partial charge on any atom is -0.408 e. The van der Waals surface area contributed by atoms with Crippen LogP contribution >= 0.6 is 0 Å². The van der Waals surface area contributed by atoms with Gasteiger partial charge >= 0.3 is 5.76 Å². The van der Waals surface area contributed by atoms with Crippen molar-refractivity contribution in [2.75, 3.05) is 4.72 Å². The standard InChI is InChI=1S/C16H11N3O4S/c20-16-18-12-7-6-11(9-14(12)23-16)24(21,22)19-13-5-1-3-10-4-2-8-17-15(10)13/h1-9,19H,(H,18,20). The van der Waals surface area contributed by atoms with Crippen LogP contribution in [0.5, 0.6) is 0 Å². The minimum absolute atomic E-state index is 0.00863. The summed E-state index contributed by atoms with van der Waals surface area (Å²) in [6.07, 6.45) is 1.60. The largest absolute Gasteiger partial charge is 0.417 e. The first-order valence-corrected chi connectivity index (χ1v) is 8.51. The van der Waals surface area contributed by atoms with Crippen LogP contribution in [0.2, 0.25) is 0 Å². The molecule has 0 radical (unpaired) electrons. The molecule has 0 amide bonds. The second-order valence-electron chi connectivity index (χ2n) is 5.16. The van der Waals surface area contributed by atoms with Crippen LogP contribution < -0.4 is 10.5 Å². The number of fused-ring (bicyclic) bond motifs is 2. The third-order valence-electron chi connectivity index (χ3n) is 3.58. The number of H-pyrrole nitrogens is 1. The summed E-state index contributed by atoms with van der Waals surface area (Å²) in [5.74, 6) is -0.634. The van der Waals surface area contributed by atoms with Gasteiger partial charge in [0.15, 0.2) is 5.58 Å². The summed E-state index contributed by atoms with van der Waals surface area (Å²) in [6, 6.07) is 13.0. The molecule has 24 heavy (non-hydrogen) atoms.